The Morgan fingerprint density at radius 3 is 2.85 bits per heavy atom. The van der Waals surface area contributed by atoms with Gasteiger partial charge in [-0.05, 0) is 42.8 Å². The Bertz CT molecular complexity index is 1120. The fourth-order valence-electron chi connectivity index (χ4n) is 3.07. The number of aromatic nitrogens is 2. The number of amides is 1. The molecule has 0 fully saturated rings. The lowest BCUT2D eigenvalue weighted by Crippen LogP contribution is -2.03. The molecular weight excluding hydrogens is 338 g/mol. The van der Waals surface area contributed by atoms with E-state index in [0.717, 1.165) is 33.6 Å². The fourth-order valence-corrected chi connectivity index (χ4v) is 3.07. The number of pyridine rings is 1. The van der Waals surface area contributed by atoms with Crippen LogP contribution in [0.4, 0.5) is 5.69 Å². The zero-order valence-electron chi connectivity index (χ0n) is 15.0. The number of carbonyl (C=O) groups excluding carboxylic acids is 1. The van der Waals surface area contributed by atoms with Gasteiger partial charge < -0.3 is 15.0 Å². The molecule has 2 aromatic heterocycles. The molecule has 0 saturated carbocycles. The van der Waals surface area contributed by atoms with Crippen molar-refractivity contribution in [3.05, 3.63) is 76.9 Å². The third-order valence-electron chi connectivity index (χ3n) is 4.42. The highest BCUT2D eigenvalue weighted by atomic mass is 16.5. The van der Waals surface area contributed by atoms with Crippen LogP contribution >= 0.6 is 0 Å². The van der Waals surface area contributed by atoms with Gasteiger partial charge in [0.2, 0.25) is 0 Å². The van der Waals surface area contributed by atoms with Crippen molar-refractivity contribution in [1.82, 2.24) is 9.97 Å². The van der Waals surface area contributed by atoms with Gasteiger partial charge in [0.15, 0.2) is 0 Å². The van der Waals surface area contributed by atoms with Crippen molar-refractivity contribution in [2.24, 2.45) is 0 Å². The molecule has 5 heteroatoms. The highest BCUT2D eigenvalue weighted by Crippen LogP contribution is 2.37. The summed E-state index contributed by atoms with van der Waals surface area (Å²) >= 11 is 0. The molecule has 0 atom stereocenters. The van der Waals surface area contributed by atoms with Crippen LogP contribution in [0.25, 0.3) is 11.6 Å². The van der Waals surface area contributed by atoms with Gasteiger partial charge in [-0.1, -0.05) is 17.9 Å². The highest BCUT2D eigenvalue weighted by Gasteiger charge is 2.28. The van der Waals surface area contributed by atoms with Crippen LogP contribution in [0.3, 0.4) is 0 Å². The summed E-state index contributed by atoms with van der Waals surface area (Å²) in [6.07, 6.45) is 7.01. The summed E-state index contributed by atoms with van der Waals surface area (Å²) < 4.78 is 5.34. The average molecular weight is 355 g/mol. The van der Waals surface area contributed by atoms with Crippen LogP contribution in [-0.2, 0) is 4.79 Å². The number of hydrogen-bond acceptors (Lipinski definition) is 3. The number of methoxy groups -OCH3 is 1. The number of carbonyl (C=O) groups is 1. The van der Waals surface area contributed by atoms with E-state index < -0.39 is 0 Å². The van der Waals surface area contributed by atoms with Crippen LogP contribution < -0.4 is 10.1 Å². The van der Waals surface area contributed by atoms with Crippen LogP contribution in [0, 0.1) is 18.8 Å². The normalized spacial score (nSPS) is 13.7. The van der Waals surface area contributed by atoms with Gasteiger partial charge >= 0.3 is 0 Å². The number of rotatable bonds is 2. The molecule has 0 saturated heterocycles. The van der Waals surface area contributed by atoms with Crippen LogP contribution in [0.1, 0.15) is 27.9 Å². The number of fused-ring (bicyclic) bond motifs is 1. The number of anilines is 1. The number of benzene rings is 1. The summed E-state index contributed by atoms with van der Waals surface area (Å²) in [6, 6.07) is 9.44. The Labute approximate surface area is 157 Å². The molecule has 1 aliphatic heterocycles. The minimum atomic E-state index is -0.156. The van der Waals surface area contributed by atoms with E-state index in [9.17, 15) is 4.79 Å². The minimum Gasteiger partial charge on any atom is -0.495 e. The molecule has 1 aliphatic rings. The van der Waals surface area contributed by atoms with Crippen molar-refractivity contribution < 1.29 is 9.53 Å². The van der Waals surface area contributed by atoms with Crippen molar-refractivity contribution in [3.63, 3.8) is 0 Å². The quantitative estimate of drug-likeness (QED) is 0.545. The minimum absolute atomic E-state index is 0.156. The van der Waals surface area contributed by atoms with E-state index in [-0.39, 0.29) is 5.91 Å². The first kappa shape index (κ1) is 16.7. The molecule has 0 radical (unpaired) electrons. The van der Waals surface area contributed by atoms with E-state index >= 15 is 0 Å². The first-order chi connectivity index (χ1) is 13.2. The predicted octanol–water partition coefficient (Wildman–Crippen LogP) is 3.62. The van der Waals surface area contributed by atoms with Crippen molar-refractivity contribution in [2.75, 3.05) is 12.4 Å². The van der Waals surface area contributed by atoms with Crippen LogP contribution in [-0.4, -0.2) is 23.0 Å². The Morgan fingerprint density at radius 1 is 1.19 bits per heavy atom. The van der Waals surface area contributed by atoms with Gasteiger partial charge in [0, 0.05) is 35.3 Å². The van der Waals surface area contributed by atoms with Crippen LogP contribution in [0.5, 0.6) is 5.75 Å². The highest BCUT2D eigenvalue weighted by molar-refractivity contribution is 6.35. The van der Waals surface area contributed by atoms with Gasteiger partial charge in [-0.3, -0.25) is 9.78 Å². The molecule has 132 valence electrons. The Kier molecular flexibility index (Phi) is 4.23. The molecule has 4 rings (SSSR count). The molecule has 0 bridgehead atoms. The van der Waals surface area contributed by atoms with E-state index in [2.05, 4.69) is 27.1 Å². The number of nitrogens with one attached hydrogen (secondary N) is 2. The number of hydrogen-bond donors (Lipinski definition) is 2. The van der Waals surface area contributed by atoms with Gasteiger partial charge in [-0.15, -0.1) is 0 Å². The average Bonchev–Trinajstić information content (AvgIpc) is 3.26. The predicted molar refractivity (Wildman–Crippen MR) is 105 cm³/mol. The molecule has 2 N–H and O–H groups in total. The number of aromatic amines is 1. The standard InChI is InChI=1S/C22H17N3O2/c1-14-5-8-18-21(16(14)7-6-15-4-3-10-23-13-15)17(22(26)25-18)12-19-20(27-2)9-11-24-19/h3-5,8-13,24H,1-2H3,(H,25,26)/b17-12-. The summed E-state index contributed by atoms with van der Waals surface area (Å²) in [6.45, 7) is 1.99. The Hall–Kier alpha value is -3.78. The van der Waals surface area contributed by atoms with E-state index in [0.29, 0.717) is 11.3 Å². The molecule has 3 aromatic rings. The molecule has 27 heavy (non-hydrogen) atoms. The SMILES string of the molecule is COc1cc[nH]c1/C=C1\C(=O)Nc2ccc(C)c(C#Cc3cccnc3)c21. The summed E-state index contributed by atoms with van der Waals surface area (Å²) in [7, 11) is 1.60. The number of aryl methyl sites for hydroxylation is 1. The Balaban J connectivity index is 1.86. The van der Waals surface area contributed by atoms with E-state index in [4.69, 9.17) is 4.74 Å². The lowest BCUT2D eigenvalue weighted by Gasteiger charge is -2.06. The molecule has 1 amide bonds. The second-order valence-corrected chi connectivity index (χ2v) is 6.14. The zero-order chi connectivity index (χ0) is 18.8. The van der Waals surface area contributed by atoms with Crippen molar-refractivity contribution in [2.45, 2.75) is 6.92 Å². The number of nitrogens with zero attached hydrogens (tertiary/aromatic N) is 1. The van der Waals surface area contributed by atoms with Gasteiger partial charge in [0.05, 0.1) is 24.1 Å². The maximum absolute atomic E-state index is 12.6. The molecular formula is C22H17N3O2. The molecule has 3 heterocycles. The largest absolute Gasteiger partial charge is 0.495 e. The Morgan fingerprint density at radius 2 is 2.07 bits per heavy atom. The van der Waals surface area contributed by atoms with Crippen LogP contribution in [0.2, 0.25) is 0 Å². The lowest BCUT2D eigenvalue weighted by molar-refractivity contribution is -0.110. The third kappa shape index (κ3) is 3.09. The van der Waals surface area contributed by atoms with Gasteiger partial charge in [0.25, 0.3) is 5.91 Å². The van der Waals surface area contributed by atoms with Crippen molar-refractivity contribution in [3.8, 4) is 17.6 Å². The number of H-pyrrole nitrogens is 1. The maximum atomic E-state index is 12.6. The summed E-state index contributed by atoms with van der Waals surface area (Å²) in [5.41, 5.74) is 5.53. The first-order valence-electron chi connectivity index (χ1n) is 8.48. The topological polar surface area (TPSA) is 67.0 Å². The van der Waals surface area contributed by atoms with E-state index in [1.54, 1.807) is 31.8 Å². The van der Waals surface area contributed by atoms with E-state index in [1.165, 1.54) is 0 Å². The fraction of sp³-hybridized carbons (Fsp3) is 0.0909. The van der Waals surface area contributed by atoms with Gasteiger partial charge in [-0.25, -0.2) is 0 Å². The molecule has 0 unspecified atom stereocenters. The third-order valence-corrected chi connectivity index (χ3v) is 4.42. The summed E-state index contributed by atoms with van der Waals surface area (Å²) in [4.78, 5) is 19.8. The van der Waals surface area contributed by atoms with Gasteiger partial charge in [-0.2, -0.15) is 0 Å². The number of ether oxygens (including phenoxy) is 1. The molecule has 0 spiro atoms. The molecule has 5 nitrogen and oxygen atoms in total. The molecule has 1 aromatic carbocycles. The van der Waals surface area contributed by atoms with Crippen molar-refractivity contribution in [1.29, 1.82) is 0 Å². The second kappa shape index (κ2) is 6.85. The second-order valence-electron chi connectivity index (χ2n) is 6.14. The zero-order valence-corrected chi connectivity index (χ0v) is 15.0. The maximum Gasteiger partial charge on any atom is 0.256 e. The first-order valence-corrected chi connectivity index (χ1v) is 8.48. The smallest absolute Gasteiger partial charge is 0.256 e. The van der Waals surface area contributed by atoms with Crippen LogP contribution in [0.15, 0.2) is 48.9 Å². The lowest BCUT2D eigenvalue weighted by atomic mass is 9.95. The van der Waals surface area contributed by atoms with Crippen molar-refractivity contribution >= 4 is 23.2 Å². The summed E-state index contributed by atoms with van der Waals surface area (Å²) in [5.74, 6) is 6.88. The monoisotopic (exact) mass is 355 g/mol. The van der Waals surface area contributed by atoms with E-state index in [1.807, 2.05) is 37.3 Å². The molecule has 0 aliphatic carbocycles. The summed E-state index contributed by atoms with van der Waals surface area (Å²) in [5, 5.41) is 2.92. The van der Waals surface area contributed by atoms with Gasteiger partial charge in [0.1, 0.15) is 5.75 Å².